The molecule has 5 nitrogen and oxygen atoms in total. The first-order chi connectivity index (χ1) is 9.54. The second-order valence-corrected chi connectivity index (χ2v) is 4.19. The van der Waals surface area contributed by atoms with Gasteiger partial charge in [0.05, 0.1) is 11.6 Å². The van der Waals surface area contributed by atoms with E-state index in [1.807, 2.05) is 0 Å². The summed E-state index contributed by atoms with van der Waals surface area (Å²) in [5, 5.41) is 9.38. The average molecular weight is 300 g/mol. The van der Waals surface area contributed by atoms with Crippen molar-refractivity contribution in [3.63, 3.8) is 0 Å². The quantitative estimate of drug-likeness (QED) is 0.563. The number of nitrogens with zero attached hydrogens (tertiary/aromatic N) is 3. The molecular formula is C11H5ClF3N5. The van der Waals surface area contributed by atoms with Gasteiger partial charge in [-0.15, -0.1) is 0 Å². The molecule has 0 saturated carbocycles. The Bertz CT molecular complexity index is 781. The summed E-state index contributed by atoms with van der Waals surface area (Å²) in [7, 11) is 0. The van der Waals surface area contributed by atoms with E-state index in [9.17, 15) is 13.2 Å². The Hall–Kier alpha value is -2.35. The lowest BCUT2D eigenvalue weighted by Gasteiger charge is -2.07. The van der Waals surface area contributed by atoms with Crippen molar-refractivity contribution in [2.45, 2.75) is 0 Å². The zero-order valence-corrected chi connectivity index (χ0v) is 10.3. The van der Waals surface area contributed by atoms with Crippen LogP contribution in [0.1, 0.15) is 0 Å². The highest BCUT2D eigenvalue weighted by Gasteiger charge is 2.13. The van der Waals surface area contributed by atoms with E-state index in [0.29, 0.717) is 11.0 Å². The van der Waals surface area contributed by atoms with E-state index < -0.39 is 17.5 Å². The topological polar surface area (TPSA) is 66.5 Å². The summed E-state index contributed by atoms with van der Waals surface area (Å²) < 4.78 is 39.2. The fourth-order valence-electron chi connectivity index (χ4n) is 1.67. The molecule has 20 heavy (non-hydrogen) atoms. The number of nitrogens with one attached hydrogen (secondary N) is 2. The maximum Gasteiger partial charge on any atom is 0.226 e. The second kappa shape index (κ2) is 4.64. The monoisotopic (exact) mass is 299 g/mol. The minimum absolute atomic E-state index is 0.0151. The molecule has 0 fully saturated rings. The van der Waals surface area contributed by atoms with Gasteiger partial charge in [0, 0.05) is 17.8 Å². The Labute approximate surface area is 114 Å². The second-order valence-electron chi connectivity index (χ2n) is 3.85. The zero-order chi connectivity index (χ0) is 14.3. The number of fused-ring (bicyclic) bond motifs is 1. The van der Waals surface area contributed by atoms with Gasteiger partial charge in [-0.1, -0.05) is 0 Å². The number of H-pyrrole nitrogens is 1. The maximum absolute atomic E-state index is 13.1. The molecule has 2 N–H and O–H groups in total. The number of hydrogen-bond acceptors (Lipinski definition) is 4. The van der Waals surface area contributed by atoms with Crippen molar-refractivity contribution in [2.75, 3.05) is 5.32 Å². The summed E-state index contributed by atoms with van der Waals surface area (Å²) in [6.07, 6.45) is 1.42. The highest BCUT2D eigenvalue weighted by molar-refractivity contribution is 6.28. The molecule has 0 aliphatic rings. The summed E-state index contributed by atoms with van der Waals surface area (Å²) in [5.74, 6) is -3.96. The molecule has 0 spiro atoms. The fourth-order valence-corrected chi connectivity index (χ4v) is 1.84. The minimum Gasteiger partial charge on any atom is -0.339 e. The molecule has 0 amide bonds. The Kier molecular flexibility index (Phi) is 2.94. The van der Waals surface area contributed by atoms with Crippen LogP contribution in [0, 0.1) is 17.5 Å². The van der Waals surface area contributed by atoms with Crippen molar-refractivity contribution in [1.82, 2.24) is 20.2 Å². The first kappa shape index (κ1) is 12.7. The SMILES string of the molecule is Fc1cc(Nc2nc(Cl)nc3[nH]ncc23)cc(F)c1F. The maximum atomic E-state index is 13.1. The van der Waals surface area contributed by atoms with Gasteiger partial charge < -0.3 is 5.32 Å². The van der Waals surface area contributed by atoms with E-state index in [1.54, 1.807) is 0 Å². The van der Waals surface area contributed by atoms with E-state index in [4.69, 9.17) is 11.6 Å². The molecule has 0 saturated heterocycles. The predicted molar refractivity (Wildman–Crippen MR) is 66.3 cm³/mol. The van der Waals surface area contributed by atoms with Crippen molar-refractivity contribution in [1.29, 1.82) is 0 Å². The van der Waals surface area contributed by atoms with Crippen LogP contribution in [0.2, 0.25) is 5.28 Å². The third-order valence-corrected chi connectivity index (χ3v) is 2.70. The molecule has 3 aromatic rings. The number of aromatic nitrogens is 4. The van der Waals surface area contributed by atoms with Crippen LogP contribution in [-0.2, 0) is 0 Å². The van der Waals surface area contributed by atoms with E-state index >= 15 is 0 Å². The molecule has 0 aliphatic heterocycles. The van der Waals surface area contributed by atoms with Gasteiger partial charge in [0.25, 0.3) is 0 Å². The van der Waals surface area contributed by atoms with Gasteiger partial charge in [-0.2, -0.15) is 15.1 Å². The number of benzene rings is 1. The van der Waals surface area contributed by atoms with E-state index in [-0.39, 0.29) is 16.8 Å². The Morgan fingerprint density at radius 1 is 1.10 bits per heavy atom. The molecule has 0 radical (unpaired) electrons. The first-order valence-corrected chi connectivity index (χ1v) is 5.70. The first-order valence-electron chi connectivity index (χ1n) is 5.33. The van der Waals surface area contributed by atoms with Crippen LogP contribution in [-0.4, -0.2) is 20.2 Å². The number of halogens is 4. The van der Waals surface area contributed by atoms with Gasteiger partial charge in [0.2, 0.25) is 5.28 Å². The Balaban J connectivity index is 2.07. The van der Waals surface area contributed by atoms with Gasteiger partial charge in [-0.05, 0) is 11.6 Å². The summed E-state index contributed by atoms with van der Waals surface area (Å²) in [4.78, 5) is 7.77. The number of hydrogen-bond donors (Lipinski definition) is 2. The van der Waals surface area contributed by atoms with Crippen molar-refractivity contribution in [3.05, 3.63) is 41.1 Å². The average Bonchev–Trinajstić information content (AvgIpc) is 2.84. The van der Waals surface area contributed by atoms with Crippen molar-refractivity contribution in [2.24, 2.45) is 0 Å². The third-order valence-electron chi connectivity index (χ3n) is 2.53. The summed E-state index contributed by atoms with van der Waals surface area (Å²) in [6.45, 7) is 0. The van der Waals surface area contributed by atoms with Gasteiger partial charge in [-0.25, -0.2) is 13.2 Å². The van der Waals surface area contributed by atoms with Crippen LogP contribution in [0.15, 0.2) is 18.3 Å². The zero-order valence-electron chi connectivity index (χ0n) is 9.59. The predicted octanol–water partition coefficient (Wildman–Crippen LogP) is 3.17. The highest BCUT2D eigenvalue weighted by atomic mass is 35.5. The van der Waals surface area contributed by atoms with Crippen molar-refractivity contribution in [3.8, 4) is 0 Å². The summed E-state index contributed by atoms with van der Waals surface area (Å²) in [5.41, 5.74) is 0.342. The standard InChI is InChI=1S/C11H5ClF3N5/c12-11-18-9(5-3-16-20-10(5)19-11)17-4-1-6(13)8(15)7(14)2-4/h1-3H,(H2,16,17,18,19,20). The van der Waals surface area contributed by atoms with Crippen LogP contribution in [0.3, 0.4) is 0 Å². The molecule has 2 aromatic heterocycles. The largest absolute Gasteiger partial charge is 0.339 e. The normalized spacial score (nSPS) is 11.0. The van der Waals surface area contributed by atoms with E-state index in [0.717, 1.165) is 12.1 Å². The van der Waals surface area contributed by atoms with Gasteiger partial charge in [0.15, 0.2) is 23.1 Å². The third kappa shape index (κ3) is 2.14. The van der Waals surface area contributed by atoms with E-state index in [1.165, 1.54) is 6.20 Å². The summed E-state index contributed by atoms with van der Waals surface area (Å²) >= 11 is 5.72. The molecule has 1 aromatic carbocycles. The highest BCUT2D eigenvalue weighted by Crippen LogP contribution is 2.25. The smallest absolute Gasteiger partial charge is 0.226 e. The van der Waals surface area contributed by atoms with Crippen LogP contribution < -0.4 is 5.32 Å². The van der Waals surface area contributed by atoms with Gasteiger partial charge >= 0.3 is 0 Å². The van der Waals surface area contributed by atoms with E-state index in [2.05, 4.69) is 25.5 Å². The van der Waals surface area contributed by atoms with Gasteiger partial charge in [0.1, 0.15) is 5.82 Å². The number of rotatable bonds is 2. The molecule has 0 aliphatic carbocycles. The molecule has 0 unspecified atom stereocenters. The number of aromatic amines is 1. The van der Waals surface area contributed by atoms with Crippen molar-refractivity contribution < 1.29 is 13.2 Å². The summed E-state index contributed by atoms with van der Waals surface area (Å²) in [6, 6.07) is 1.61. The Morgan fingerprint density at radius 3 is 2.50 bits per heavy atom. The molecule has 2 heterocycles. The number of anilines is 2. The van der Waals surface area contributed by atoms with Crippen LogP contribution in [0.5, 0.6) is 0 Å². The van der Waals surface area contributed by atoms with Crippen molar-refractivity contribution >= 4 is 34.1 Å². The lowest BCUT2D eigenvalue weighted by Crippen LogP contribution is -1.99. The molecule has 102 valence electrons. The molecular weight excluding hydrogens is 295 g/mol. The molecule has 0 atom stereocenters. The lowest BCUT2D eigenvalue weighted by molar-refractivity contribution is 0.448. The van der Waals surface area contributed by atoms with Crippen LogP contribution in [0.25, 0.3) is 11.0 Å². The molecule has 9 heteroatoms. The lowest BCUT2D eigenvalue weighted by atomic mass is 10.2. The Morgan fingerprint density at radius 2 is 1.80 bits per heavy atom. The molecule has 3 rings (SSSR count). The fraction of sp³-hybridized carbons (Fsp3) is 0. The van der Waals surface area contributed by atoms with Gasteiger partial charge in [-0.3, -0.25) is 5.10 Å². The molecule has 0 bridgehead atoms. The minimum atomic E-state index is -1.54. The van der Waals surface area contributed by atoms with Crippen LogP contribution in [0.4, 0.5) is 24.7 Å². The van der Waals surface area contributed by atoms with Crippen LogP contribution >= 0.6 is 11.6 Å².